The Labute approximate surface area is 132 Å². The van der Waals surface area contributed by atoms with E-state index in [1.54, 1.807) is 7.11 Å². The van der Waals surface area contributed by atoms with Gasteiger partial charge in [-0.05, 0) is 37.3 Å². The number of anilines is 1. The molecule has 22 heavy (non-hydrogen) atoms. The van der Waals surface area contributed by atoms with E-state index in [4.69, 9.17) is 4.74 Å². The van der Waals surface area contributed by atoms with Crippen molar-refractivity contribution < 1.29 is 14.4 Å². The van der Waals surface area contributed by atoms with E-state index >= 15 is 0 Å². The lowest BCUT2D eigenvalue weighted by molar-refractivity contribution is -0.902. The first-order valence-corrected chi connectivity index (χ1v) is 8.52. The summed E-state index contributed by atoms with van der Waals surface area (Å²) >= 11 is 0. The van der Waals surface area contributed by atoms with Gasteiger partial charge in [0.15, 0.2) is 6.54 Å². The van der Waals surface area contributed by atoms with E-state index in [2.05, 4.69) is 5.32 Å². The summed E-state index contributed by atoms with van der Waals surface area (Å²) in [6.07, 6.45) is 6.85. The number of hydrogen-bond acceptors (Lipinski definition) is 2. The summed E-state index contributed by atoms with van der Waals surface area (Å²) in [5, 5.41) is 3.00. The van der Waals surface area contributed by atoms with Gasteiger partial charge in [-0.25, -0.2) is 0 Å². The van der Waals surface area contributed by atoms with Crippen LogP contribution in [0.5, 0.6) is 5.75 Å². The number of methoxy groups -OCH3 is 1. The molecule has 1 saturated heterocycles. The molecule has 1 amide bonds. The molecule has 1 heterocycles. The van der Waals surface area contributed by atoms with E-state index in [1.807, 2.05) is 24.3 Å². The van der Waals surface area contributed by atoms with Gasteiger partial charge in [0.2, 0.25) is 0 Å². The predicted molar refractivity (Wildman–Crippen MR) is 87.3 cm³/mol. The Morgan fingerprint density at radius 2 is 2.00 bits per heavy atom. The third kappa shape index (κ3) is 3.61. The molecule has 0 radical (unpaired) electrons. The Balaban J connectivity index is 1.53. The van der Waals surface area contributed by atoms with Gasteiger partial charge in [-0.1, -0.05) is 25.0 Å². The maximum absolute atomic E-state index is 12.3. The van der Waals surface area contributed by atoms with Crippen LogP contribution >= 0.6 is 0 Å². The second-order valence-electron chi connectivity index (χ2n) is 6.72. The van der Waals surface area contributed by atoms with Crippen molar-refractivity contribution in [3.63, 3.8) is 0 Å². The molecule has 3 rings (SSSR count). The van der Waals surface area contributed by atoms with Crippen molar-refractivity contribution in [1.82, 2.24) is 0 Å². The van der Waals surface area contributed by atoms with Crippen LogP contribution in [0.4, 0.5) is 5.69 Å². The van der Waals surface area contributed by atoms with Crippen LogP contribution in [0.3, 0.4) is 0 Å². The van der Waals surface area contributed by atoms with Gasteiger partial charge in [0.25, 0.3) is 5.91 Å². The summed E-state index contributed by atoms with van der Waals surface area (Å²) in [6, 6.07) is 7.58. The molecule has 1 aromatic carbocycles. The van der Waals surface area contributed by atoms with Crippen LogP contribution < -0.4 is 15.0 Å². The maximum Gasteiger partial charge on any atom is 0.279 e. The molecular formula is C18H27N2O2+. The lowest BCUT2D eigenvalue weighted by Gasteiger charge is -2.38. The van der Waals surface area contributed by atoms with Gasteiger partial charge in [-0.15, -0.1) is 0 Å². The summed E-state index contributed by atoms with van der Waals surface area (Å²) in [5.41, 5.74) is 0.766. The first-order chi connectivity index (χ1) is 10.8. The topological polar surface area (TPSA) is 42.8 Å². The van der Waals surface area contributed by atoms with Crippen LogP contribution in [0.2, 0.25) is 0 Å². The third-order valence-electron chi connectivity index (χ3n) is 5.28. The number of rotatable bonds is 4. The summed E-state index contributed by atoms with van der Waals surface area (Å²) < 4.78 is 5.29. The first-order valence-electron chi connectivity index (χ1n) is 8.52. The number of hydrogen-bond donors (Lipinski definition) is 2. The van der Waals surface area contributed by atoms with Gasteiger partial charge in [0.1, 0.15) is 5.75 Å². The average molecular weight is 303 g/mol. The molecule has 0 aromatic heterocycles. The van der Waals surface area contributed by atoms with Gasteiger partial charge in [-0.2, -0.15) is 0 Å². The van der Waals surface area contributed by atoms with Gasteiger partial charge in [0, 0.05) is 5.92 Å². The van der Waals surface area contributed by atoms with Crippen LogP contribution in [0.1, 0.15) is 32.1 Å². The number of amides is 1. The van der Waals surface area contributed by atoms with Crippen molar-refractivity contribution in [3.8, 4) is 5.75 Å². The molecule has 1 unspecified atom stereocenters. The highest BCUT2D eigenvalue weighted by molar-refractivity contribution is 5.92. The van der Waals surface area contributed by atoms with E-state index in [0.717, 1.165) is 29.8 Å². The highest BCUT2D eigenvalue weighted by atomic mass is 16.5. The first kappa shape index (κ1) is 15.3. The van der Waals surface area contributed by atoms with Crippen LogP contribution in [0.15, 0.2) is 24.3 Å². The second kappa shape index (κ2) is 7.14. The Bertz CT molecular complexity index is 518. The van der Waals surface area contributed by atoms with Gasteiger partial charge in [0.05, 0.1) is 25.9 Å². The Kier molecular flexibility index (Phi) is 4.98. The molecule has 0 bridgehead atoms. The standard InChI is InChI=1S/C18H26N2O2/c1-22-17-9-5-4-8-16(17)19-18(21)13-20-11-10-14-6-2-3-7-15(14)12-20/h4-5,8-9,14-15H,2-3,6-7,10-13H2,1H3,(H,19,21)/p+1/t14-,15+/m0/s1. The fourth-order valence-corrected chi connectivity index (χ4v) is 4.13. The molecule has 4 nitrogen and oxygen atoms in total. The molecule has 1 saturated carbocycles. The minimum atomic E-state index is 0.0914. The molecule has 4 heteroatoms. The molecule has 1 aliphatic carbocycles. The van der Waals surface area contributed by atoms with Crippen molar-refractivity contribution in [2.24, 2.45) is 11.8 Å². The fraction of sp³-hybridized carbons (Fsp3) is 0.611. The number of likely N-dealkylation sites (tertiary alicyclic amines) is 1. The predicted octanol–water partition coefficient (Wildman–Crippen LogP) is 1.73. The summed E-state index contributed by atoms with van der Waals surface area (Å²) in [5.74, 6) is 2.58. The second-order valence-corrected chi connectivity index (χ2v) is 6.72. The maximum atomic E-state index is 12.3. The van der Waals surface area contributed by atoms with Crippen LogP contribution in [-0.4, -0.2) is 32.7 Å². The molecule has 2 N–H and O–H groups in total. The van der Waals surface area contributed by atoms with E-state index in [0.29, 0.717) is 6.54 Å². The number of benzene rings is 1. The number of quaternary nitrogens is 1. The molecule has 120 valence electrons. The lowest BCUT2D eigenvalue weighted by Crippen LogP contribution is -3.15. The fourth-order valence-electron chi connectivity index (χ4n) is 4.13. The number of carbonyl (C=O) groups excluding carboxylic acids is 1. The lowest BCUT2D eigenvalue weighted by atomic mass is 9.75. The molecule has 1 aliphatic heterocycles. The zero-order valence-corrected chi connectivity index (χ0v) is 13.4. The number of para-hydroxylation sites is 2. The van der Waals surface area contributed by atoms with Crippen LogP contribution in [0, 0.1) is 11.8 Å². The number of nitrogens with one attached hydrogen (secondary N) is 2. The highest BCUT2D eigenvalue weighted by Gasteiger charge is 2.34. The molecule has 3 atom stereocenters. The normalized spacial score (nSPS) is 27.8. The number of carbonyl (C=O) groups is 1. The van der Waals surface area contributed by atoms with E-state index in [1.165, 1.54) is 43.5 Å². The quantitative estimate of drug-likeness (QED) is 0.889. The van der Waals surface area contributed by atoms with E-state index in [9.17, 15) is 4.79 Å². The van der Waals surface area contributed by atoms with Crippen LogP contribution in [-0.2, 0) is 4.79 Å². The third-order valence-corrected chi connectivity index (χ3v) is 5.28. The molecule has 0 spiro atoms. The smallest absolute Gasteiger partial charge is 0.279 e. The summed E-state index contributed by atoms with van der Waals surface area (Å²) in [7, 11) is 1.63. The zero-order chi connectivity index (χ0) is 15.4. The summed E-state index contributed by atoms with van der Waals surface area (Å²) in [6.45, 7) is 2.88. The molecular weight excluding hydrogens is 276 g/mol. The summed E-state index contributed by atoms with van der Waals surface area (Å²) in [4.78, 5) is 13.8. The minimum Gasteiger partial charge on any atom is -0.495 e. The average Bonchev–Trinajstić information content (AvgIpc) is 2.55. The van der Waals surface area contributed by atoms with Gasteiger partial charge < -0.3 is 15.0 Å². The highest BCUT2D eigenvalue weighted by Crippen LogP contribution is 2.32. The Hall–Kier alpha value is -1.55. The van der Waals surface area contributed by atoms with Crippen molar-refractivity contribution in [2.45, 2.75) is 32.1 Å². The number of ether oxygens (including phenoxy) is 1. The Morgan fingerprint density at radius 1 is 1.23 bits per heavy atom. The SMILES string of the molecule is COc1ccccc1NC(=O)C[NH+]1CC[C@@H]2CCCC[C@@H]2C1. The van der Waals surface area contributed by atoms with Crippen molar-refractivity contribution in [1.29, 1.82) is 0 Å². The van der Waals surface area contributed by atoms with Crippen molar-refractivity contribution >= 4 is 11.6 Å². The monoisotopic (exact) mass is 303 g/mol. The van der Waals surface area contributed by atoms with E-state index in [-0.39, 0.29) is 5.91 Å². The molecule has 2 fully saturated rings. The van der Waals surface area contributed by atoms with Crippen molar-refractivity contribution in [3.05, 3.63) is 24.3 Å². The van der Waals surface area contributed by atoms with Gasteiger partial charge >= 0.3 is 0 Å². The molecule has 1 aromatic rings. The zero-order valence-electron chi connectivity index (χ0n) is 13.4. The largest absolute Gasteiger partial charge is 0.495 e. The van der Waals surface area contributed by atoms with Gasteiger partial charge in [-0.3, -0.25) is 4.79 Å². The van der Waals surface area contributed by atoms with Crippen LogP contribution in [0.25, 0.3) is 0 Å². The van der Waals surface area contributed by atoms with E-state index < -0.39 is 0 Å². The number of piperidine rings is 1. The Morgan fingerprint density at radius 3 is 2.82 bits per heavy atom. The van der Waals surface area contributed by atoms with Crippen molar-refractivity contribution in [2.75, 3.05) is 32.1 Å². The number of fused-ring (bicyclic) bond motifs is 1. The minimum absolute atomic E-state index is 0.0914. The molecule has 2 aliphatic rings.